The van der Waals surface area contributed by atoms with Crippen LogP contribution >= 0.6 is 23.2 Å². The van der Waals surface area contributed by atoms with Crippen LogP contribution in [0.5, 0.6) is 0 Å². The highest BCUT2D eigenvalue weighted by molar-refractivity contribution is 7.92. The lowest BCUT2D eigenvalue weighted by Gasteiger charge is -2.24. The lowest BCUT2D eigenvalue weighted by atomic mass is 10.1. The number of nitrogens with zero attached hydrogens (tertiary/aromatic N) is 3. The van der Waals surface area contributed by atoms with Crippen LogP contribution in [-0.4, -0.2) is 31.7 Å². The van der Waals surface area contributed by atoms with Crippen LogP contribution in [0.4, 0.5) is 5.69 Å². The van der Waals surface area contributed by atoms with E-state index in [9.17, 15) is 13.2 Å². The number of nitrogens with one attached hydrogen (secondary N) is 1. The molecule has 10 heteroatoms. The van der Waals surface area contributed by atoms with Gasteiger partial charge in [0.2, 0.25) is 0 Å². The molecule has 0 aliphatic heterocycles. The minimum Gasteiger partial charge on any atom is -0.316 e. The van der Waals surface area contributed by atoms with Crippen molar-refractivity contribution in [3.05, 3.63) is 111 Å². The maximum absolute atomic E-state index is 13.5. The molecule has 0 saturated carbocycles. The molecule has 0 spiro atoms. The number of hydrogen-bond acceptors (Lipinski definition) is 4. The molecule has 0 bridgehead atoms. The molecule has 1 N–H and O–H groups in total. The van der Waals surface area contributed by atoms with Crippen molar-refractivity contribution in [2.24, 2.45) is 5.10 Å². The summed E-state index contributed by atoms with van der Waals surface area (Å²) in [7, 11) is -4.01. The van der Waals surface area contributed by atoms with Crippen LogP contribution < -0.4 is 9.73 Å². The number of sulfonamides is 1. The summed E-state index contributed by atoms with van der Waals surface area (Å²) in [6, 6.07) is 20.5. The molecular weight excluding hydrogens is 555 g/mol. The number of aromatic nitrogens is 1. The Morgan fingerprint density at radius 2 is 1.67 bits per heavy atom. The van der Waals surface area contributed by atoms with Gasteiger partial charge in [-0.05, 0) is 87.4 Å². The van der Waals surface area contributed by atoms with E-state index in [1.165, 1.54) is 18.3 Å². The number of aryl methyl sites for hydroxylation is 3. The number of carbonyl (C=O) groups excluding carboxylic acids is 1. The van der Waals surface area contributed by atoms with E-state index in [2.05, 4.69) is 10.5 Å². The van der Waals surface area contributed by atoms with Gasteiger partial charge in [0.05, 0.1) is 27.5 Å². The molecule has 0 unspecified atom stereocenters. The Balaban J connectivity index is 1.57. The van der Waals surface area contributed by atoms with Crippen LogP contribution in [0.25, 0.3) is 5.69 Å². The maximum Gasteiger partial charge on any atom is 0.264 e. The number of halogens is 2. The van der Waals surface area contributed by atoms with E-state index in [0.717, 1.165) is 38.1 Å². The summed E-state index contributed by atoms with van der Waals surface area (Å²) >= 11 is 12.5. The molecule has 4 rings (SSSR count). The van der Waals surface area contributed by atoms with Gasteiger partial charge in [0.25, 0.3) is 15.9 Å². The van der Waals surface area contributed by atoms with E-state index >= 15 is 0 Å². The Morgan fingerprint density at radius 1 is 0.949 bits per heavy atom. The van der Waals surface area contributed by atoms with E-state index in [4.69, 9.17) is 23.2 Å². The molecule has 1 amide bonds. The van der Waals surface area contributed by atoms with Crippen molar-refractivity contribution in [2.45, 2.75) is 32.6 Å². The fourth-order valence-corrected chi connectivity index (χ4v) is 6.13. The fraction of sp³-hybridized carbons (Fsp3) is 0.172. The third-order valence-electron chi connectivity index (χ3n) is 6.41. The first-order valence-electron chi connectivity index (χ1n) is 12.1. The number of hydrazone groups is 1. The van der Waals surface area contributed by atoms with Gasteiger partial charge >= 0.3 is 0 Å². The zero-order valence-corrected chi connectivity index (χ0v) is 24.3. The highest BCUT2D eigenvalue weighted by Gasteiger charge is 2.27. The van der Waals surface area contributed by atoms with Gasteiger partial charge in [-0.15, -0.1) is 0 Å². The topological polar surface area (TPSA) is 83.8 Å². The molecule has 0 atom stereocenters. The minimum atomic E-state index is -4.01. The van der Waals surface area contributed by atoms with Crippen LogP contribution in [-0.2, 0) is 14.8 Å². The first-order chi connectivity index (χ1) is 18.5. The van der Waals surface area contributed by atoms with Crippen molar-refractivity contribution in [2.75, 3.05) is 10.8 Å². The first-order valence-corrected chi connectivity index (χ1v) is 14.3. The van der Waals surface area contributed by atoms with Crippen LogP contribution in [0.3, 0.4) is 0 Å². The third kappa shape index (κ3) is 6.19. The van der Waals surface area contributed by atoms with Crippen molar-refractivity contribution < 1.29 is 13.2 Å². The first kappa shape index (κ1) is 28.4. The van der Waals surface area contributed by atoms with E-state index < -0.39 is 22.5 Å². The normalized spacial score (nSPS) is 11.6. The predicted molar refractivity (Wildman–Crippen MR) is 158 cm³/mol. The molecule has 202 valence electrons. The van der Waals surface area contributed by atoms with E-state index in [0.29, 0.717) is 15.7 Å². The Labute approximate surface area is 238 Å². The van der Waals surface area contributed by atoms with Crippen LogP contribution in [0.2, 0.25) is 10.0 Å². The zero-order valence-electron chi connectivity index (χ0n) is 21.9. The van der Waals surface area contributed by atoms with Gasteiger partial charge in [0, 0.05) is 22.0 Å². The molecule has 7 nitrogen and oxygen atoms in total. The van der Waals surface area contributed by atoms with E-state index in [1.807, 2.05) is 50.5 Å². The number of carbonyl (C=O) groups is 1. The van der Waals surface area contributed by atoms with Crippen molar-refractivity contribution in [3.63, 3.8) is 0 Å². The lowest BCUT2D eigenvalue weighted by molar-refractivity contribution is -0.119. The molecule has 0 radical (unpaired) electrons. The minimum absolute atomic E-state index is 0.0906. The predicted octanol–water partition coefficient (Wildman–Crippen LogP) is 6.36. The highest BCUT2D eigenvalue weighted by atomic mass is 35.5. The largest absolute Gasteiger partial charge is 0.316 e. The molecule has 3 aromatic carbocycles. The average Bonchev–Trinajstić information content (AvgIpc) is 3.17. The van der Waals surface area contributed by atoms with Gasteiger partial charge in [-0.2, -0.15) is 5.10 Å². The number of benzene rings is 3. The molecule has 0 saturated heterocycles. The highest BCUT2D eigenvalue weighted by Crippen LogP contribution is 2.29. The molecule has 0 fully saturated rings. The molecule has 1 aromatic heterocycles. The zero-order chi connectivity index (χ0) is 28.3. The Bertz CT molecular complexity index is 1670. The summed E-state index contributed by atoms with van der Waals surface area (Å²) in [4.78, 5) is 13.0. The lowest BCUT2D eigenvalue weighted by Crippen LogP contribution is -2.39. The van der Waals surface area contributed by atoms with Gasteiger partial charge in [0.15, 0.2) is 0 Å². The molecular formula is C29H28Cl2N4O3S. The van der Waals surface area contributed by atoms with Gasteiger partial charge in [-0.1, -0.05) is 47.5 Å². The maximum atomic E-state index is 13.5. The molecule has 0 aliphatic rings. The summed E-state index contributed by atoms with van der Waals surface area (Å²) in [5.74, 6) is -0.585. The fourth-order valence-electron chi connectivity index (χ4n) is 4.21. The second kappa shape index (κ2) is 11.7. The van der Waals surface area contributed by atoms with Gasteiger partial charge < -0.3 is 4.57 Å². The van der Waals surface area contributed by atoms with Gasteiger partial charge in [-0.3, -0.25) is 9.10 Å². The standard InChI is InChI=1S/C29H28Cl2N4O3S/c1-19-10-12-25(14-20(19)2)34(39(37,38)26-8-6-5-7-9-26)18-29(36)33-32-17-23-15-21(3)35(22(23)4)28-13-11-24(30)16-27(28)31/h5-17H,18H2,1-4H3,(H,33,36)/b32-17-. The second-order valence-electron chi connectivity index (χ2n) is 9.14. The number of amides is 1. The Morgan fingerprint density at radius 3 is 2.33 bits per heavy atom. The third-order valence-corrected chi connectivity index (χ3v) is 8.74. The smallest absolute Gasteiger partial charge is 0.264 e. The number of hydrogen-bond donors (Lipinski definition) is 1. The van der Waals surface area contributed by atoms with Crippen molar-refractivity contribution >= 4 is 51.0 Å². The monoisotopic (exact) mass is 582 g/mol. The second-order valence-corrected chi connectivity index (χ2v) is 11.9. The van der Waals surface area contributed by atoms with E-state index in [-0.39, 0.29) is 4.90 Å². The quantitative estimate of drug-likeness (QED) is 0.194. The summed E-state index contributed by atoms with van der Waals surface area (Å²) in [5.41, 5.74) is 8.10. The van der Waals surface area contributed by atoms with Gasteiger partial charge in [-0.25, -0.2) is 13.8 Å². The summed E-state index contributed by atoms with van der Waals surface area (Å²) in [6.45, 7) is 7.23. The van der Waals surface area contributed by atoms with Crippen molar-refractivity contribution in [3.8, 4) is 5.69 Å². The summed E-state index contributed by atoms with van der Waals surface area (Å²) < 4.78 is 30.1. The number of anilines is 1. The molecule has 39 heavy (non-hydrogen) atoms. The molecule has 1 heterocycles. The Hall–Kier alpha value is -3.59. The summed E-state index contributed by atoms with van der Waals surface area (Å²) in [6.07, 6.45) is 1.52. The molecule has 0 aliphatic carbocycles. The van der Waals surface area contributed by atoms with Crippen molar-refractivity contribution in [1.29, 1.82) is 0 Å². The molecule has 4 aromatic rings. The SMILES string of the molecule is Cc1ccc(N(CC(=O)N/N=C\c2cc(C)n(-c3ccc(Cl)cc3Cl)c2C)S(=O)(=O)c2ccccc2)cc1C. The van der Waals surface area contributed by atoms with Crippen LogP contribution in [0.1, 0.15) is 28.1 Å². The summed E-state index contributed by atoms with van der Waals surface area (Å²) in [5, 5.41) is 5.15. The average molecular weight is 584 g/mol. The van der Waals surface area contributed by atoms with E-state index in [1.54, 1.807) is 42.5 Å². The van der Waals surface area contributed by atoms with Crippen LogP contribution in [0.15, 0.2) is 82.8 Å². The number of rotatable bonds is 8. The van der Waals surface area contributed by atoms with Gasteiger partial charge in [0.1, 0.15) is 6.54 Å². The van der Waals surface area contributed by atoms with Crippen LogP contribution in [0, 0.1) is 27.7 Å². The Kier molecular flexibility index (Phi) is 8.49. The van der Waals surface area contributed by atoms with Crippen molar-refractivity contribution in [1.82, 2.24) is 9.99 Å².